The number of aryl methyl sites for hydroxylation is 2. The van der Waals surface area contributed by atoms with E-state index in [4.69, 9.17) is 10.3 Å². The van der Waals surface area contributed by atoms with Gasteiger partial charge in [0.15, 0.2) is 0 Å². The Balaban J connectivity index is 2.42. The van der Waals surface area contributed by atoms with Gasteiger partial charge in [-0.15, -0.1) is 0 Å². The van der Waals surface area contributed by atoms with Crippen molar-refractivity contribution in [3.05, 3.63) is 29.4 Å². The van der Waals surface area contributed by atoms with Crippen molar-refractivity contribution >= 4 is 0 Å². The third-order valence-electron chi connectivity index (χ3n) is 3.96. The number of rotatable bonds is 5. The Morgan fingerprint density at radius 2 is 1.70 bits per heavy atom. The smallest absolute Gasteiger partial charge is 0.234 e. The van der Waals surface area contributed by atoms with Crippen LogP contribution < -0.4 is 5.73 Å². The molecule has 0 fully saturated rings. The molecule has 2 rings (SSSR count). The highest BCUT2D eigenvalue weighted by molar-refractivity contribution is 5.55. The molecule has 0 aromatic carbocycles. The third-order valence-corrected chi connectivity index (χ3v) is 3.96. The molecule has 0 bridgehead atoms. The molecule has 0 saturated carbocycles. The van der Waals surface area contributed by atoms with E-state index in [0.717, 1.165) is 29.8 Å². The van der Waals surface area contributed by atoms with Crippen molar-refractivity contribution in [3.8, 4) is 11.4 Å². The first kappa shape index (κ1) is 14.7. The van der Waals surface area contributed by atoms with Crippen molar-refractivity contribution in [1.29, 1.82) is 0 Å². The second-order valence-electron chi connectivity index (χ2n) is 5.25. The molecule has 0 saturated heterocycles. The number of aromatic nitrogens is 3. The first-order valence-corrected chi connectivity index (χ1v) is 7.04. The van der Waals surface area contributed by atoms with Crippen LogP contribution in [0.25, 0.3) is 11.4 Å². The van der Waals surface area contributed by atoms with Gasteiger partial charge in [0.25, 0.3) is 0 Å². The molecule has 2 aromatic heterocycles. The first-order chi connectivity index (χ1) is 9.54. The Hall–Kier alpha value is -1.75. The predicted octanol–water partition coefficient (Wildman–Crippen LogP) is 2.76. The van der Waals surface area contributed by atoms with Crippen LogP contribution in [0.5, 0.6) is 0 Å². The van der Waals surface area contributed by atoms with Crippen LogP contribution in [0.2, 0.25) is 0 Å². The van der Waals surface area contributed by atoms with E-state index >= 15 is 0 Å². The largest absolute Gasteiger partial charge is 0.338 e. The zero-order valence-corrected chi connectivity index (χ0v) is 12.6. The highest BCUT2D eigenvalue weighted by Crippen LogP contribution is 2.30. The molecule has 0 unspecified atom stereocenters. The van der Waals surface area contributed by atoms with Crippen LogP contribution >= 0.6 is 0 Å². The van der Waals surface area contributed by atoms with E-state index in [0.29, 0.717) is 18.3 Å². The Kier molecular flexibility index (Phi) is 4.18. The molecule has 2 heterocycles. The van der Waals surface area contributed by atoms with Crippen LogP contribution in [0.4, 0.5) is 0 Å². The zero-order chi connectivity index (χ0) is 14.8. The van der Waals surface area contributed by atoms with Crippen LogP contribution in [0.15, 0.2) is 16.7 Å². The molecule has 2 N–H and O–H groups in total. The first-order valence-electron chi connectivity index (χ1n) is 7.04. The average Bonchev–Trinajstić information content (AvgIpc) is 2.91. The van der Waals surface area contributed by atoms with Gasteiger partial charge in [-0.05, 0) is 38.8 Å². The summed E-state index contributed by atoms with van der Waals surface area (Å²) in [6, 6.07) is 3.92. The normalized spacial score (nSPS) is 11.8. The molecular formula is C15H22N4O. The third kappa shape index (κ3) is 2.58. The molecule has 0 aliphatic rings. The van der Waals surface area contributed by atoms with E-state index in [2.05, 4.69) is 29.0 Å². The molecule has 5 nitrogen and oxygen atoms in total. The van der Waals surface area contributed by atoms with Gasteiger partial charge in [-0.3, -0.25) is 4.98 Å². The Morgan fingerprint density at radius 3 is 2.20 bits per heavy atom. The minimum absolute atomic E-state index is 0.220. The Bertz CT molecular complexity index is 559. The molecule has 20 heavy (non-hydrogen) atoms. The van der Waals surface area contributed by atoms with Gasteiger partial charge in [0, 0.05) is 23.5 Å². The van der Waals surface area contributed by atoms with Crippen LogP contribution in [0.3, 0.4) is 0 Å². The monoisotopic (exact) mass is 274 g/mol. The fraction of sp³-hybridized carbons (Fsp3) is 0.533. The van der Waals surface area contributed by atoms with E-state index in [1.165, 1.54) is 0 Å². The predicted molar refractivity (Wildman–Crippen MR) is 78.3 cm³/mol. The maximum absolute atomic E-state index is 5.92. The number of hydrogen-bond acceptors (Lipinski definition) is 5. The maximum Gasteiger partial charge on any atom is 0.234 e. The zero-order valence-electron chi connectivity index (χ0n) is 12.6. The highest BCUT2D eigenvalue weighted by atomic mass is 16.5. The SMILES string of the molecule is CCC(CC)(CN)c1nc(-c2cc(C)nc(C)c2)no1. The lowest BCUT2D eigenvalue weighted by atomic mass is 9.82. The Labute approximate surface area is 119 Å². The average molecular weight is 274 g/mol. The molecule has 0 aliphatic heterocycles. The topological polar surface area (TPSA) is 77.8 Å². The lowest BCUT2D eigenvalue weighted by Crippen LogP contribution is -2.34. The second kappa shape index (κ2) is 5.71. The van der Waals surface area contributed by atoms with Crippen molar-refractivity contribution in [2.45, 2.75) is 46.0 Å². The van der Waals surface area contributed by atoms with E-state index in [9.17, 15) is 0 Å². The molecule has 0 amide bonds. The van der Waals surface area contributed by atoms with Crippen molar-refractivity contribution in [2.75, 3.05) is 6.54 Å². The van der Waals surface area contributed by atoms with Gasteiger partial charge in [-0.2, -0.15) is 4.98 Å². The van der Waals surface area contributed by atoms with Crippen molar-refractivity contribution in [3.63, 3.8) is 0 Å². The quantitative estimate of drug-likeness (QED) is 0.907. The fourth-order valence-electron chi connectivity index (χ4n) is 2.45. The molecule has 0 radical (unpaired) electrons. The summed E-state index contributed by atoms with van der Waals surface area (Å²) in [5.74, 6) is 1.24. The van der Waals surface area contributed by atoms with Crippen molar-refractivity contribution in [1.82, 2.24) is 15.1 Å². The highest BCUT2D eigenvalue weighted by Gasteiger charge is 2.33. The van der Waals surface area contributed by atoms with E-state index in [-0.39, 0.29) is 5.41 Å². The van der Waals surface area contributed by atoms with Crippen LogP contribution in [0.1, 0.15) is 44.0 Å². The summed E-state index contributed by atoms with van der Waals surface area (Å²) in [4.78, 5) is 8.92. The summed E-state index contributed by atoms with van der Waals surface area (Å²) in [5.41, 5.74) is 8.53. The van der Waals surface area contributed by atoms with Crippen LogP contribution in [-0.2, 0) is 5.41 Å². The van der Waals surface area contributed by atoms with Gasteiger partial charge in [0.1, 0.15) is 0 Å². The van der Waals surface area contributed by atoms with Crippen LogP contribution in [-0.4, -0.2) is 21.7 Å². The van der Waals surface area contributed by atoms with E-state index in [1.807, 2.05) is 26.0 Å². The van der Waals surface area contributed by atoms with Gasteiger partial charge >= 0.3 is 0 Å². The lowest BCUT2D eigenvalue weighted by Gasteiger charge is -2.24. The summed E-state index contributed by atoms with van der Waals surface area (Å²) >= 11 is 0. The molecule has 5 heteroatoms. The number of nitrogens with two attached hydrogens (primary N) is 1. The number of nitrogens with zero attached hydrogens (tertiary/aromatic N) is 3. The maximum atomic E-state index is 5.92. The minimum Gasteiger partial charge on any atom is -0.338 e. The number of pyridine rings is 1. The van der Waals surface area contributed by atoms with Crippen molar-refractivity contribution in [2.24, 2.45) is 5.73 Å². The van der Waals surface area contributed by atoms with Crippen molar-refractivity contribution < 1.29 is 4.52 Å². The fourth-order valence-corrected chi connectivity index (χ4v) is 2.45. The molecule has 0 aliphatic carbocycles. The summed E-state index contributed by atoms with van der Waals surface area (Å²) in [6.07, 6.45) is 1.77. The standard InChI is InChI=1S/C15H22N4O/c1-5-15(6-2,9-16)14-18-13(19-20-14)12-7-10(3)17-11(4)8-12/h7-8H,5-6,9,16H2,1-4H3. The van der Waals surface area contributed by atoms with Gasteiger partial charge in [-0.25, -0.2) is 0 Å². The van der Waals surface area contributed by atoms with Gasteiger partial charge < -0.3 is 10.3 Å². The van der Waals surface area contributed by atoms with Gasteiger partial charge in [0.05, 0.1) is 5.41 Å². The number of hydrogen-bond donors (Lipinski definition) is 1. The minimum atomic E-state index is -0.220. The van der Waals surface area contributed by atoms with Crippen LogP contribution in [0, 0.1) is 13.8 Å². The van der Waals surface area contributed by atoms with E-state index < -0.39 is 0 Å². The summed E-state index contributed by atoms with van der Waals surface area (Å²) in [6.45, 7) is 8.62. The van der Waals surface area contributed by atoms with Gasteiger partial charge in [0.2, 0.25) is 11.7 Å². The summed E-state index contributed by atoms with van der Waals surface area (Å²) < 4.78 is 5.48. The molecule has 2 aromatic rings. The second-order valence-corrected chi connectivity index (χ2v) is 5.25. The Morgan fingerprint density at radius 1 is 1.10 bits per heavy atom. The van der Waals surface area contributed by atoms with Gasteiger partial charge in [-0.1, -0.05) is 19.0 Å². The molecule has 108 valence electrons. The summed E-state index contributed by atoms with van der Waals surface area (Å²) in [5, 5.41) is 4.11. The lowest BCUT2D eigenvalue weighted by molar-refractivity contribution is 0.267. The molecule has 0 atom stereocenters. The summed E-state index contributed by atoms with van der Waals surface area (Å²) in [7, 11) is 0. The molecular weight excluding hydrogens is 252 g/mol. The molecule has 0 spiro atoms. The van der Waals surface area contributed by atoms with E-state index in [1.54, 1.807) is 0 Å².